The molecule has 0 radical (unpaired) electrons. The Morgan fingerprint density at radius 1 is 1.17 bits per heavy atom. The Morgan fingerprint density at radius 2 is 1.89 bits per heavy atom. The molecule has 0 aliphatic carbocycles. The van der Waals surface area contributed by atoms with Crippen molar-refractivity contribution >= 4 is 11.6 Å². The van der Waals surface area contributed by atoms with Gasteiger partial charge in [0.25, 0.3) is 0 Å². The smallest absolute Gasteiger partial charge is 0.228 e. The summed E-state index contributed by atoms with van der Waals surface area (Å²) < 4.78 is 12.9. The number of anilines is 1. The summed E-state index contributed by atoms with van der Waals surface area (Å²) in [5.74, 6) is -0.507. The highest BCUT2D eigenvalue weighted by molar-refractivity contribution is 5.92. The first-order valence-electron chi connectivity index (χ1n) is 5.74. The fraction of sp³-hybridized carbons (Fsp3) is 0.133. The Labute approximate surface area is 105 Å². The van der Waals surface area contributed by atoms with Crippen molar-refractivity contribution in [3.8, 4) is 0 Å². The van der Waals surface area contributed by atoms with E-state index >= 15 is 0 Å². The summed E-state index contributed by atoms with van der Waals surface area (Å²) in [4.78, 5) is 11.7. The molecule has 0 saturated heterocycles. The number of aryl methyl sites for hydroxylation is 1. The SMILES string of the molecule is Cc1ccc(CC(=O)Nc2cccc(F)c2)cc1. The van der Waals surface area contributed by atoms with E-state index in [1.807, 2.05) is 31.2 Å². The first-order chi connectivity index (χ1) is 8.63. The van der Waals surface area contributed by atoms with Gasteiger partial charge in [-0.05, 0) is 30.7 Å². The molecule has 2 rings (SSSR count). The van der Waals surface area contributed by atoms with Gasteiger partial charge < -0.3 is 5.32 Å². The van der Waals surface area contributed by atoms with E-state index in [1.54, 1.807) is 12.1 Å². The zero-order valence-corrected chi connectivity index (χ0v) is 10.1. The van der Waals surface area contributed by atoms with Crippen LogP contribution in [0.2, 0.25) is 0 Å². The van der Waals surface area contributed by atoms with Crippen LogP contribution in [-0.2, 0) is 11.2 Å². The summed E-state index contributed by atoms with van der Waals surface area (Å²) in [7, 11) is 0. The van der Waals surface area contributed by atoms with Crippen molar-refractivity contribution in [2.24, 2.45) is 0 Å². The maximum absolute atomic E-state index is 12.9. The minimum atomic E-state index is -0.358. The van der Waals surface area contributed by atoms with Crippen molar-refractivity contribution in [1.82, 2.24) is 0 Å². The Balaban J connectivity index is 1.98. The van der Waals surface area contributed by atoms with Gasteiger partial charge in [0.2, 0.25) is 5.91 Å². The van der Waals surface area contributed by atoms with Crippen LogP contribution < -0.4 is 5.32 Å². The van der Waals surface area contributed by atoms with Crippen molar-refractivity contribution in [3.63, 3.8) is 0 Å². The summed E-state index contributed by atoms with van der Waals surface area (Å²) in [5, 5.41) is 2.67. The first-order valence-corrected chi connectivity index (χ1v) is 5.74. The molecule has 0 atom stereocenters. The number of halogens is 1. The molecular weight excluding hydrogens is 229 g/mol. The van der Waals surface area contributed by atoms with Gasteiger partial charge in [0.05, 0.1) is 6.42 Å². The summed E-state index contributed by atoms with van der Waals surface area (Å²) >= 11 is 0. The molecule has 0 bridgehead atoms. The topological polar surface area (TPSA) is 29.1 Å². The molecule has 2 aromatic carbocycles. The van der Waals surface area contributed by atoms with Crippen molar-refractivity contribution in [2.75, 3.05) is 5.32 Å². The molecule has 0 unspecified atom stereocenters. The molecular formula is C15H14FNO. The number of carbonyl (C=O) groups excluding carboxylic acids is 1. The van der Waals surface area contributed by atoms with Gasteiger partial charge in [0.15, 0.2) is 0 Å². The van der Waals surface area contributed by atoms with Crippen LogP contribution in [-0.4, -0.2) is 5.91 Å². The van der Waals surface area contributed by atoms with E-state index in [9.17, 15) is 9.18 Å². The van der Waals surface area contributed by atoms with E-state index in [-0.39, 0.29) is 18.1 Å². The van der Waals surface area contributed by atoms with Gasteiger partial charge in [-0.1, -0.05) is 35.9 Å². The number of carbonyl (C=O) groups is 1. The molecule has 2 aromatic rings. The average Bonchev–Trinajstić information content (AvgIpc) is 2.32. The van der Waals surface area contributed by atoms with Crippen molar-refractivity contribution in [3.05, 3.63) is 65.5 Å². The quantitative estimate of drug-likeness (QED) is 0.880. The van der Waals surface area contributed by atoms with E-state index in [0.717, 1.165) is 11.1 Å². The van der Waals surface area contributed by atoms with E-state index in [0.29, 0.717) is 5.69 Å². The average molecular weight is 243 g/mol. The Hall–Kier alpha value is -2.16. The minimum absolute atomic E-state index is 0.149. The van der Waals surface area contributed by atoms with Gasteiger partial charge in [-0.2, -0.15) is 0 Å². The molecule has 0 fully saturated rings. The largest absolute Gasteiger partial charge is 0.326 e. The van der Waals surface area contributed by atoms with Gasteiger partial charge in [-0.15, -0.1) is 0 Å². The number of hydrogen-bond donors (Lipinski definition) is 1. The van der Waals surface area contributed by atoms with Crippen molar-refractivity contribution < 1.29 is 9.18 Å². The molecule has 0 aliphatic rings. The molecule has 1 amide bonds. The minimum Gasteiger partial charge on any atom is -0.326 e. The van der Waals surface area contributed by atoms with E-state index in [2.05, 4.69) is 5.32 Å². The molecule has 92 valence electrons. The predicted molar refractivity (Wildman–Crippen MR) is 69.9 cm³/mol. The zero-order chi connectivity index (χ0) is 13.0. The lowest BCUT2D eigenvalue weighted by atomic mass is 10.1. The number of benzene rings is 2. The van der Waals surface area contributed by atoms with Crippen LogP contribution in [0.1, 0.15) is 11.1 Å². The van der Waals surface area contributed by atoms with Crippen LogP contribution in [0.15, 0.2) is 48.5 Å². The van der Waals surface area contributed by atoms with Crippen molar-refractivity contribution in [2.45, 2.75) is 13.3 Å². The third-order valence-electron chi connectivity index (χ3n) is 2.59. The van der Waals surface area contributed by atoms with E-state index in [1.165, 1.54) is 12.1 Å². The number of hydrogen-bond acceptors (Lipinski definition) is 1. The Morgan fingerprint density at radius 3 is 2.56 bits per heavy atom. The lowest BCUT2D eigenvalue weighted by molar-refractivity contribution is -0.115. The molecule has 0 aliphatic heterocycles. The van der Waals surface area contributed by atoms with Gasteiger partial charge >= 0.3 is 0 Å². The van der Waals surface area contributed by atoms with Crippen molar-refractivity contribution in [1.29, 1.82) is 0 Å². The summed E-state index contributed by atoms with van der Waals surface area (Å²) in [6.07, 6.45) is 0.288. The number of rotatable bonds is 3. The van der Waals surface area contributed by atoms with Crippen LogP contribution in [0.25, 0.3) is 0 Å². The number of nitrogens with one attached hydrogen (secondary N) is 1. The second-order valence-electron chi connectivity index (χ2n) is 4.22. The van der Waals surface area contributed by atoms with Crippen LogP contribution in [0.5, 0.6) is 0 Å². The Kier molecular flexibility index (Phi) is 3.72. The molecule has 0 aromatic heterocycles. The van der Waals surface area contributed by atoms with Gasteiger partial charge in [0.1, 0.15) is 5.82 Å². The highest BCUT2D eigenvalue weighted by atomic mass is 19.1. The molecule has 2 nitrogen and oxygen atoms in total. The molecule has 0 saturated carbocycles. The van der Waals surface area contributed by atoms with Gasteiger partial charge in [0, 0.05) is 5.69 Å². The van der Waals surface area contributed by atoms with Crippen LogP contribution >= 0.6 is 0 Å². The third-order valence-corrected chi connectivity index (χ3v) is 2.59. The van der Waals surface area contributed by atoms with Crippen LogP contribution in [0.3, 0.4) is 0 Å². The Bertz CT molecular complexity index is 549. The highest BCUT2D eigenvalue weighted by Gasteiger charge is 2.04. The third kappa shape index (κ3) is 3.42. The second kappa shape index (κ2) is 5.45. The molecule has 0 spiro atoms. The van der Waals surface area contributed by atoms with Gasteiger partial charge in [-0.3, -0.25) is 4.79 Å². The number of amides is 1. The molecule has 1 N–H and O–H groups in total. The zero-order valence-electron chi connectivity index (χ0n) is 10.1. The summed E-state index contributed by atoms with van der Waals surface area (Å²) in [6, 6.07) is 13.6. The second-order valence-corrected chi connectivity index (χ2v) is 4.22. The normalized spacial score (nSPS) is 10.1. The lowest BCUT2D eigenvalue weighted by Gasteiger charge is -2.05. The van der Waals surface area contributed by atoms with E-state index < -0.39 is 0 Å². The van der Waals surface area contributed by atoms with Gasteiger partial charge in [-0.25, -0.2) is 4.39 Å². The van der Waals surface area contributed by atoms with Crippen LogP contribution in [0, 0.1) is 12.7 Å². The fourth-order valence-electron chi connectivity index (χ4n) is 1.66. The maximum Gasteiger partial charge on any atom is 0.228 e. The molecule has 0 heterocycles. The molecule has 18 heavy (non-hydrogen) atoms. The van der Waals surface area contributed by atoms with Crippen LogP contribution in [0.4, 0.5) is 10.1 Å². The molecule has 3 heteroatoms. The van der Waals surface area contributed by atoms with E-state index in [4.69, 9.17) is 0 Å². The lowest BCUT2D eigenvalue weighted by Crippen LogP contribution is -2.14. The maximum atomic E-state index is 12.9. The first kappa shape index (κ1) is 12.3. The highest BCUT2D eigenvalue weighted by Crippen LogP contribution is 2.10. The predicted octanol–water partition coefficient (Wildman–Crippen LogP) is 3.32. The fourth-order valence-corrected chi connectivity index (χ4v) is 1.66. The summed E-state index contributed by atoms with van der Waals surface area (Å²) in [5.41, 5.74) is 2.57. The standard InChI is InChI=1S/C15H14FNO/c1-11-5-7-12(8-6-11)9-15(18)17-14-4-2-3-13(16)10-14/h2-8,10H,9H2,1H3,(H,17,18). The summed E-state index contributed by atoms with van der Waals surface area (Å²) in [6.45, 7) is 2.00. The monoisotopic (exact) mass is 243 g/mol.